The Morgan fingerprint density at radius 3 is 2.63 bits per heavy atom. The minimum Gasteiger partial charge on any atom is -0.338 e. The van der Waals surface area contributed by atoms with Crippen LogP contribution in [0.4, 0.5) is 0 Å². The van der Waals surface area contributed by atoms with Gasteiger partial charge in [-0.05, 0) is 24.3 Å². The van der Waals surface area contributed by atoms with Crippen LogP contribution in [0.3, 0.4) is 0 Å². The first-order valence-corrected chi connectivity index (χ1v) is 6.77. The van der Waals surface area contributed by atoms with Crippen LogP contribution in [-0.4, -0.2) is 10.1 Å². The zero-order valence-electron chi connectivity index (χ0n) is 11.5. The van der Waals surface area contributed by atoms with Crippen molar-refractivity contribution >= 4 is 0 Å². The van der Waals surface area contributed by atoms with Gasteiger partial charge in [0.05, 0.1) is 6.04 Å². The first kappa shape index (κ1) is 13.7. The number of hydrogen-bond donors (Lipinski definition) is 1. The predicted molar refractivity (Wildman–Crippen MR) is 74.5 cm³/mol. The molecule has 0 bridgehead atoms. The molecule has 4 heteroatoms. The molecule has 0 saturated heterocycles. The van der Waals surface area contributed by atoms with Gasteiger partial charge in [-0.2, -0.15) is 4.98 Å². The molecule has 2 aromatic rings. The van der Waals surface area contributed by atoms with E-state index >= 15 is 0 Å². The molecule has 1 aromatic heterocycles. The molecular formula is C15H21N3O. The maximum absolute atomic E-state index is 6.09. The molecule has 0 unspecified atom stereocenters. The lowest BCUT2D eigenvalue weighted by Gasteiger charge is -2.06. The van der Waals surface area contributed by atoms with Crippen LogP contribution in [-0.2, 0) is 12.8 Å². The van der Waals surface area contributed by atoms with Crippen molar-refractivity contribution in [2.75, 3.05) is 0 Å². The largest absolute Gasteiger partial charge is 0.338 e. The maximum Gasteiger partial charge on any atom is 0.243 e. The molecule has 1 atom stereocenters. The fourth-order valence-corrected chi connectivity index (χ4v) is 1.96. The van der Waals surface area contributed by atoms with Crippen molar-refractivity contribution in [1.29, 1.82) is 0 Å². The Bertz CT molecular complexity index is 493. The lowest BCUT2D eigenvalue weighted by molar-refractivity contribution is 0.344. The zero-order chi connectivity index (χ0) is 13.7. The third kappa shape index (κ3) is 4.17. The van der Waals surface area contributed by atoms with E-state index in [2.05, 4.69) is 36.1 Å². The molecule has 2 N–H and O–H groups in total. The molecule has 0 aliphatic carbocycles. The second-order valence-electron chi connectivity index (χ2n) is 5.28. The lowest BCUT2D eigenvalue weighted by Crippen LogP contribution is -2.12. The van der Waals surface area contributed by atoms with Gasteiger partial charge in [-0.3, -0.25) is 0 Å². The van der Waals surface area contributed by atoms with E-state index in [9.17, 15) is 0 Å². The number of aromatic nitrogens is 2. The van der Waals surface area contributed by atoms with E-state index in [1.165, 1.54) is 5.56 Å². The Kier molecular flexibility index (Phi) is 4.68. The van der Waals surface area contributed by atoms with Crippen molar-refractivity contribution < 1.29 is 4.52 Å². The van der Waals surface area contributed by atoms with Crippen LogP contribution in [0.1, 0.15) is 43.6 Å². The Labute approximate surface area is 114 Å². The number of benzene rings is 1. The molecule has 2 rings (SSSR count). The van der Waals surface area contributed by atoms with Gasteiger partial charge in [0.1, 0.15) is 0 Å². The van der Waals surface area contributed by atoms with Crippen molar-refractivity contribution in [3.05, 3.63) is 47.6 Å². The quantitative estimate of drug-likeness (QED) is 0.866. The Morgan fingerprint density at radius 1 is 1.21 bits per heavy atom. The molecule has 19 heavy (non-hydrogen) atoms. The summed E-state index contributed by atoms with van der Waals surface area (Å²) in [6, 6.07) is 10.1. The summed E-state index contributed by atoms with van der Waals surface area (Å²) in [5.41, 5.74) is 7.37. The van der Waals surface area contributed by atoms with Crippen LogP contribution in [0.15, 0.2) is 34.9 Å². The second kappa shape index (κ2) is 6.48. The highest BCUT2D eigenvalue weighted by Gasteiger charge is 2.15. The van der Waals surface area contributed by atoms with Gasteiger partial charge < -0.3 is 10.3 Å². The Balaban J connectivity index is 1.89. The normalized spacial score (nSPS) is 12.8. The average Bonchev–Trinajstić information content (AvgIpc) is 2.85. The highest BCUT2D eigenvalue weighted by molar-refractivity contribution is 5.15. The van der Waals surface area contributed by atoms with Crippen LogP contribution >= 0.6 is 0 Å². The summed E-state index contributed by atoms with van der Waals surface area (Å²) < 4.78 is 5.23. The van der Waals surface area contributed by atoms with E-state index in [-0.39, 0.29) is 6.04 Å². The SMILES string of the molecule is CC(C)Cc1noc([C@@H](N)CCc2ccccc2)n1. The maximum atomic E-state index is 6.09. The number of aryl methyl sites for hydroxylation is 1. The van der Waals surface area contributed by atoms with Crippen molar-refractivity contribution in [2.45, 2.75) is 39.2 Å². The molecule has 4 nitrogen and oxygen atoms in total. The Hall–Kier alpha value is -1.68. The van der Waals surface area contributed by atoms with E-state index < -0.39 is 0 Å². The summed E-state index contributed by atoms with van der Waals surface area (Å²) in [7, 11) is 0. The first-order chi connectivity index (χ1) is 9.15. The van der Waals surface area contributed by atoms with Crippen molar-refractivity contribution in [3.63, 3.8) is 0 Å². The van der Waals surface area contributed by atoms with E-state index in [1.807, 2.05) is 18.2 Å². The van der Waals surface area contributed by atoms with E-state index in [0.29, 0.717) is 11.8 Å². The number of rotatable bonds is 6. The minimum atomic E-state index is -0.186. The average molecular weight is 259 g/mol. The monoisotopic (exact) mass is 259 g/mol. The number of hydrogen-bond acceptors (Lipinski definition) is 4. The number of nitrogens with zero attached hydrogens (tertiary/aromatic N) is 2. The van der Waals surface area contributed by atoms with Crippen LogP contribution in [0.2, 0.25) is 0 Å². The molecule has 0 saturated carbocycles. The van der Waals surface area contributed by atoms with Crippen LogP contribution in [0.25, 0.3) is 0 Å². The number of nitrogens with two attached hydrogens (primary N) is 1. The van der Waals surface area contributed by atoms with Gasteiger partial charge in [0.25, 0.3) is 0 Å². The topological polar surface area (TPSA) is 64.9 Å². The molecule has 0 aliphatic rings. The molecule has 1 heterocycles. The van der Waals surface area contributed by atoms with Crippen LogP contribution in [0, 0.1) is 5.92 Å². The molecule has 102 valence electrons. The summed E-state index contributed by atoms with van der Waals surface area (Å²) in [6.45, 7) is 4.26. The van der Waals surface area contributed by atoms with E-state index in [1.54, 1.807) is 0 Å². The fourth-order valence-electron chi connectivity index (χ4n) is 1.96. The molecule has 0 radical (unpaired) electrons. The predicted octanol–water partition coefficient (Wildman–Crippen LogP) is 2.90. The highest BCUT2D eigenvalue weighted by atomic mass is 16.5. The lowest BCUT2D eigenvalue weighted by atomic mass is 10.1. The molecule has 0 spiro atoms. The van der Waals surface area contributed by atoms with E-state index in [0.717, 1.165) is 25.1 Å². The minimum absolute atomic E-state index is 0.186. The van der Waals surface area contributed by atoms with Gasteiger partial charge >= 0.3 is 0 Å². The summed E-state index contributed by atoms with van der Waals surface area (Å²) in [6.07, 6.45) is 2.56. The third-order valence-corrected chi connectivity index (χ3v) is 2.98. The van der Waals surface area contributed by atoms with Gasteiger partial charge in [0.2, 0.25) is 5.89 Å². The Morgan fingerprint density at radius 2 is 1.95 bits per heavy atom. The molecule has 1 aromatic carbocycles. The second-order valence-corrected chi connectivity index (χ2v) is 5.28. The first-order valence-electron chi connectivity index (χ1n) is 6.77. The molecule has 0 fully saturated rings. The summed E-state index contributed by atoms with van der Waals surface area (Å²) in [4.78, 5) is 4.36. The molecular weight excluding hydrogens is 238 g/mol. The third-order valence-electron chi connectivity index (χ3n) is 2.98. The summed E-state index contributed by atoms with van der Waals surface area (Å²) in [5, 5.41) is 3.97. The van der Waals surface area contributed by atoms with Crippen molar-refractivity contribution in [3.8, 4) is 0 Å². The summed E-state index contributed by atoms with van der Waals surface area (Å²) in [5.74, 6) is 1.82. The zero-order valence-corrected chi connectivity index (χ0v) is 11.5. The van der Waals surface area contributed by atoms with Crippen molar-refractivity contribution in [2.24, 2.45) is 11.7 Å². The van der Waals surface area contributed by atoms with Crippen LogP contribution < -0.4 is 5.73 Å². The van der Waals surface area contributed by atoms with Gasteiger partial charge in [-0.15, -0.1) is 0 Å². The van der Waals surface area contributed by atoms with Crippen LogP contribution in [0.5, 0.6) is 0 Å². The van der Waals surface area contributed by atoms with E-state index in [4.69, 9.17) is 10.3 Å². The fraction of sp³-hybridized carbons (Fsp3) is 0.467. The van der Waals surface area contributed by atoms with Gasteiger partial charge in [0, 0.05) is 6.42 Å². The standard InChI is InChI=1S/C15H21N3O/c1-11(2)10-14-17-15(19-18-14)13(16)9-8-12-6-4-3-5-7-12/h3-7,11,13H,8-10,16H2,1-2H3/t13-/m0/s1. The van der Waals surface area contributed by atoms with Gasteiger partial charge in [-0.1, -0.05) is 49.3 Å². The summed E-state index contributed by atoms with van der Waals surface area (Å²) >= 11 is 0. The smallest absolute Gasteiger partial charge is 0.243 e. The highest BCUT2D eigenvalue weighted by Crippen LogP contribution is 2.16. The van der Waals surface area contributed by atoms with Gasteiger partial charge in [0.15, 0.2) is 5.82 Å². The van der Waals surface area contributed by atoms with Gasteiger partial charge in [-0.25, -0.2) is 0 Å². The molecule has 0 amide bonds. The van der Waals surface area contributed by atoms with Crippen molar-refractivity contribution in [1.82, 2.24) is 10.1 Å². The molecule has 0 aliphatic heterocycles.